The molecule has 0 amide bonds. The number of benzene rings is 1. The average Bonchev–Trinajstić information content (AvgIpc) is 2.70. The highest BCUT2D eigenvalue weighted by molar-refractivity contribution is 5.89. The number of esters is 1. The number of hydrogen-bond acceptors (Lipinski definition) is 3. The molecule has 0 aromatic heterocycles. The van der Waals surface area contributed by atoms with Gasteiger partial charge in [0.2, 0.25) is 0 Å². The third kappa shape index (κ3) is 2.34. The third-order valence-corrected chi connectivity index (χ3v) is 3.71. The van der Waals surface area contributed by atoms with Crippen molar-refractivity contribution in [3.63, 3.8) is 0 Å². The topological polar surface area (TPSA) is 38.3 Å². The first-order valence-electron chi connectivity index (χ1n) is 6.33. The van der Waals surface area contributed by atoms with Crippen LogP contribution in [0.2, 0.25) is 0 Å². The van der Waals surface area contributed by atoms with Crippen molar-refractivity contribution in [2.75, 3.05) is 0 Å². The summed E-state index contributed by atoms with van der Waals surface area (Å²) in [6, 6.07) is 10.4. The first-order chi connectivity index (χ1) is 8.31. The van der Waals surface area contributed by atoms with Crippen LogP contribution in [0, 0.1) is 0 Å². The van der Waals surface area contributed by atoms with E-state index in [2.05, 4.69) is 5.32 Å². The molecule has 1 aromatic rings. The highest BCUT2D eigenvalue weighted by Crippen LogP contribution is 2.28. The molecule has 3 heteroatoms. The largest absolute Gasteiger partial charge is 0.459 e. The summed E-state index contributed by atoms with van der Waals surface area (Å²) in [5.74, 6) is -0.183. The molecule has 1 unspecified atom stereocenters. The predicted molar refractivity (Wildman–Crippen MR) is 64.8 cm³/mol. The Kier molecular flexibility index (Phi) is 2.85. The van der Waals surface area contributed by atoms with Crippen molar-refractivity contribution in [1.29, 1.82) is 0 Å². The van der Waals surface area contributed by atoms with E-state index in [9.17, 15) is 4.79 Å². The van der Waals surface area contributed by atoms with Crippen LogP contribution in [-0.2, 0) is 4.74 Å². The van der Waals surface area contributed by atoms with Crippen LogP contribution < -0.4 is 5.32 Å². The number of ether oxygens (including phenoxy) is 1. The summed E-state index contributed by atoms with van der Waals surface area (Å²) >= 11 is 0. The molecule has 17 heavy (non-hydrogen) atoms. The summed E-state index contributed by atoms with van der Waals surface area (Å²) in [4.78, 5) is 11.9. The summed E-state index contributed by atoms with van der Waals surface area (Å²) < 4.78 is 5.58. The zero-order valence-corrected chi connectivity index (χ0v) is 9.76. The van der Waals surface area contributed by atoms with Gasteiger partial charge in [0.1, 0.15) is 6.10 Å². The quantitative estimate of drug-likeness (QED) is 0.792. The van der Waals surface area contributed by atoms with E-state index in [-0.39, 0.29) is 12.1 Å². The smallest absolute Gasteiger partial charge is 0.338 e. The Bertz CT molecular complexity index is 392. The molecule has 2 aliphatic rings. The molecular formula is C14H17NO2. The van der Waals surface area contributed by atoms with E-state index in [4.69, 9.17) is 4.74 Å². The lowest BCUT2D eigenvalue weighted by Crippen LogP contribution is -2.42. The maximum atomic E-state index is 11.9. The average molecular weight is 231 g/mol. The minimum atomic E-state index is -0.183. The second-order valence-corrected chi connectivity index (χ2v) is 5.00. The van der Waals surface area contributed by atoms with Gasteiger partial charge in [-0.15, -0.1) is 0 Å². The zero-order valence-electron chi connectivity index (χ0n) is 9.76. The fourth-order valence-corrected chi connectivity index (χ4v) is 2.89. The summed E-state index contributed by atoms with van der Waals surface area (Å²) in [6.07, 6.45) is 4.49. The van der Waals surface area contributed by atoms with Gasteiger partial charge in [0.15, 0.2) is 0 Å². The Morgan fingerprint density at radius 3 is 2.41 bits per heavy atom. The van der Waals surface area contributed by atoms with Crippen LogP contribution in [0.15, 0.2) is 30.3 Å². The minimum Gasteiger partial charge on any atom is -0.459 e. The minimum absolute atomic E-state index is 0.0986. The maximum absolute atomic E-state index is 11.9. The predicted octanol–water partition coefficient (Wildman–Crippen LogP) is 2.13. The van der Waals surface area contributed by atoms with Crippen molar-refractivity contribution in [2.45, 2.75) is 43.9 Å². The van der Waals surface area contributed by atoms with E-state index in [0.29, 0.717) is 17.6 Å². The molecule has 0 radical (unpaired) electrons. The fourth-order valence-electron chi connectivity index (χ4n) is 2.89. The monoisotopic (exact) mass is 231 g/mol. The molecular weight excluding hydrogens is 214 g/mol. The van der Waals surface area contributed by atoms with E-state index in [0.717, 1.165) is 12.8 Å². The van der Waals surface area contributed by atoms with Gasteiger partial charge in [0.25, 0.3) is 0 Å². The zero-order chi connectivity index (χ0) is 11.7. The van der Waals surface area contributed by atoms with Crippen molar-refractivity contribution < 1.29 is 9.53 Å². The van der Waals surface area contributed by atoms with Gasteiger partial charge in [-0.25, -0.2) is 4.79 Å². The van der Waals surface area contributed by atoms with Crippen LogP contribution in [-0.4, -0.2) is 24.2 Å². The molecule has 2 bridgehead atoms. The number of carbonyl (C=O) groups excluding carboxylic acids is 1. The molecule has 2 heterocycles. The third-order valence-electron chi connectivity index (χ3n) is 3.71. The molecule has 0 aliphatic carbocycles. The van der Waals surface area contributed by atoms with Crippen molar-refractivity contribution >= 4 is 5.97 Å². The van der Waals surface area contributed by atoms with Crippen molar-refractivity contribution in [1.82, 2.24) is 5.32 Å². The molecule has 1 aromatic carbocycles. The van der Waals surface area contributed by atoms with E-state index < -0.39 is 0 Å². The highest BCUT2D eigenvalue weighted by atomic mass is 16.5. The number of piperidine rings is 1. The van der Waals surface area contributed by atoms with Crippen molar-refractivity contribution in [3.8, 4) is 0 Å². The lowest BCUT2D eigenvalue weighted by atomic mass is 10.0. The highest BCUT2D eigenvalue weighted by Gasteiger charge is 2.35. The van der Waals surface area contributed by atoms with Crippen molar-refractivity contribution in [3.05, 3.63) is 35.9 Å². The summed E-state index contributed by atoms with van der Waals surface area (Å²) in [6.45, 7) is 0. The molecule has 2 aliphatic heterocycles. The van der Waals surface area contributed by atoms with E-state index in [1.165, 1.54) is 12.8 Å². The Morgan fingerprint density at radius 2 is 1.76 bits per heavy atom. The standard InChI is InChI=1S/C14H17NO2/c16-14(10-4-2-1-3-5-10)17-13-8-11-6-7-12(9-13)15-11/h1-5,11-13,15H,6-9H2/t11-,12+,13?. The summed E-state index contributed by atoms with van der Waals surface area (Å²) in [5, 5.41) is 3.54. The van der Waals surface area contributed by atoms with Gasteiger partial charge < -0.3 is 10.1 Å². The van der Waals surface area contributed by atoms with Gasteiger partial charge in [-0.1, -0.05) is 18.2 Å². The van der Waals surface area contributed by atoms with Gasteiger partial charge in [0, 0.05) is 12.1 Å². The molecule has 0 saturated carbocycles. The second kappa shape index (κ2) is 4.49. The molecule has 90 valence electrons. The van der Waals surface area contributed by atoms with Gasteiger partial charge >= 0.3 is 5.97 Å². The first-order valence-corrected chi connectivity index (χ1v) is 6.33. The van der Waals surface area contributed by atoms with E-state index in [1.54, 1.807) is 12.1 Å². The summed E-state index contributed by atoms with van der Waals surface area (Å²) in [5.41, 5.74) is 0.651. The van der Waals surface area contributed by atoms with Crippen LogP contribution in [0.25, 0.3) is 0 Å². The maximum Gasteiger partial charge on any atom is 0.338 e. The molecule has 2 fully saturated rings. The second-order valence-electron chi connectivity index (χ2n) is 5.00. The van der Waals surface area contributed by atoms with Crippen LogP contribution in [0.1, 0.15) is 36.0 Å². The Labute approximate surface area is 101 Å². The number of hydrogen-bond donors (Lipinski definition) is 1. The van der Waals surface area contributed by atoms with Gasteiger partial charge in [-0.3, -0.25) is 0 Å². The Morgan fingerprint density at radius 1 is 1.12 bits per heavy atom. The van der Waals surface area contributed by atoms with Crippen LogP contribution in [0.5, 0.6) is 0 Å². The number of carbonyl (C=O) groups is 1. The Hall–Kier alpha value is -1.35. The van der Waals surface area contributed by atoms with Gasteiger partial charge in [-0.2, -0.15) is 0 Å². The van der Waals surface area contributed by atoms with E-state index in [1.807, 2.05) is 18.2 Å². The van der Waals surface area contributed by atoms with Gasteiger partial charge in [0.05, 0.1) is 5.56 Å². The molecule has 3 rings (SSSR count). The molecule has 0 spiro atoms. The fraction of sp³-hybridized carbons (Fsp3) is 0.500. The molecule has 3 atom stereocenters. The SMILES string of the molecule is O=C(OC1C[C@H]2CC[C@@H](C1)N2)c1ccccc1. The van der Waals surface area contributed by atoms with Crippen LogP contribution in [0.4, 0.5) is 0 Å². The molecule has 3 nitrogen and oxygen atoms in total. The normalized spacial score (nSPS) is 31.2. The van der Waals surface area contributed by atoms with Crippen LogP contribution >= 0.6 is 0 Å². The molecule has 1 N–H and O–H groups in total. The number of fused-ring (bicyclic) bond motifs is 2. The molecule has 2 saturated heterocycles. The van der Waals surface area contributed by atoms with Crippen LogP contribution in [0.3, 0.4) is 0 Å². The Balaban J connectivity index is 1.62. The van der Waals surface area contributed by atoms with E-state index >= 15 is 0 Å². The van der Waals surface area contributed by atoms with Crippen molar-refractivity contribution in [2.24, 2.45) is 0 Å². The number of rotatable bonds is 2. The number of nitrogens with one attached hydrogen (secondary N) is 1. The summed E-state index contributed by atoms with van der Waals surface area (Å²) in [7, 11) is 0. The lowest BCUT2D eigenvalue weighted by molar-refractivity contribution is 0.0177. The first kappa shape index (κ1) is 10.8. The van der Waals surface area contributed by atoms with Gasteiger partial charge in [-0.05, 0) is 37.8 Å². The lowest BCUT2D eigenvalue weighted by Gasteiger charge is -2.28.